The molecule has 15 heavy (non-hydrogen) atoms. The van der Waals surface area contributed by atoms with Gasteiger partial charge in [-0.1, -0.05) is 0 Å². The van der Waals surface area contributed by atoms with Crippen LogP contribution in [0.2, 0.25) is 0 Å². The summed E-state index contributed by atoms with van der Waals surface area (Å²) >= 11 is 0. The smallest absolute Gasteiger partial charge is 0.254 e. The summed E-state index contributed by atoms with van der Waals surface area (Å²) in [5.74, 6) is 0.828. The van der Waals surface area contributed by atoms with Gasteiger partial charge in [-0.15, -0.1) is 0 Å². The molecule has 1 N–H and O–H groups in total. The minimum absolute atomic E-state index is 0.0752. The van der Waals surface area contributed by atoms with Gasteiger partial charge >= 0.3 is 0 Å². The zero-order chi connectivity index (χ0) is 10.8. The second kappa shape index (κ2) is 4.14. The zero-order valence-corrected chi connectivity index (χ0v) is 9.34. The number of H-pyrrole nitrogens is 1. The quantitative estimate of drug-likeness (QED) is 0.778. The number of aromatic nitrogens is 2. The Morgan fingerprint density at radius 1 is 1.40 bits per heavy atom. The fourth-order valence-electron chi connectivity index (χ4n) is 1.94. The van der Waals surface area contributed by atoms with Crippen LogP contribution in [0.5, 0.6) is 0 Å². The van der Waals surface area contributed by atoms with Crippen LogP contribution in [-0.2, 0) is 19.3 Å². The third-order valence-corrected chi connectivity index (χ3v) is 2.79. The maximum absolute atomic E-state index is 11.7. The molecule has 0 spiro atoms. The van der Waals surface area contributed by atoms with Gasteiger partial charge in [-0.05, 0) is 33.4 Å². The van der Waals surface area contributed by atoms with Gasteiger partial charge in [0.15, 0.2) is 0 Å². The number of fused-ring (bicyclic) bond motifs is 1. The van der Waals surface area contributed by atoms with E-state index >= 15 is 0 Å². The number of likely N-dealkylation sites (N-methyl/N-ethyl adjacent to an activating group) is 1. The van der Waals surface area contributed by atoms with Crippen molar-refractivity contribution >= 4 is 0 Å². The summed E-state index contributed by atoms with van der Waals surface area (Å²) in [7, 11) is 4.04. The van der Waals surface area contributed by atoms with Gasteiger partial charge in [0.25, 0.3) is 5.56 Å². The van der Waals surface area contributed by atoms with Crippen LogP contribution in [0.25, 0.3) is 0 Å². The van der Waals surface area contributed by atoms with E-state index in [1.54, 1.807) is 0 Å². The third kappa shape index (κ3) is 2.26. The molecule has 0 fully saturated rings. The predicted molar refractivity (Wildman–Crippen MR) is 59.1 cm³/mol. The van der Waals surface area contributed by atoms with Crippen molar-refractivity contribution in [2.75, 3.05) is 20.6 Å². The lowest BCUT2D eigenvalue weighted by Crippen LogP contribution is -2.21. The highest BCUT2D eigenvalue weighted by molar-refractivity contribution is 5.22. The van der Waals surface area contributed by atoms with Crippen LogP contribution in [-0.4, -0.2) is 35.5 Å². The molecule has 2 rings (SSSR count). The fourth-order valence-corrected chi connectivity index (χ4v) is 1.94. The van der Waals surface area contributed by atoms with Crippen molar-refractivity contribution in [1.82, 2.24) is 14.9 Å². The van der Waals surface area contributed by atoms with E-state index in [4.69, 9.17) is 0 Å². The molecule has 1 aromatic rings. The van der Waals surface area contributed by atoms with Crippen molar-refractivity contribution in [3.63, 3.8) is 0 Å². The van der Waals surface area contributed by atoms with Gasteiger partial charge in [0.1, 0.15) is 5.82 Å². The number of aromatic amines is 1. The van der Waals surface area contributed by atoms with Gasteiger partial charge in [-0.3, -0.25) is 4.79 Å². The number of hydrogen-bond acceptors (Lipinski definition) is 3. The molecule has 0 saturated carbocycles. The molecule has 0 radical (unpaired) electrons. The molecule has 0 bridgehead atoms. The van der Waals surface area contributed by atoms with Gasteiger partial charge in [-0.2, -0.15) is 0 Å². The lowest BCUT2D eigenvalue weighted by molar-refractivity contribution is 0.409. The Hall–Kier alpha value is -1.16. The summed E-state index contributed by atoms with van der Waals surface area (Å²) in [6.07, 6.45) is 3.75. The SMILES string of the molecule is CN(C)CCc1nc2c(c(=O)[nH]1)CCC2. The highest BCUT2D eigenvalue weighted by atomic mass is 16.1. The van der Waals surface area contributed by atoms with Crippen molar-refractivity contribution in [1.29, 1.82) is 0 Å². The monoisotopic (exact) mass is 207 g/mol. The largest absolute Gasteiger partial charge is 0.310 e. The van der Waals surface area contributed by atoms with Crippen molar-refractivity contribution in [2.45, 2.75) is 25.7 Å². The van der Waals surface area contributed by atoms with E-state index < -0.39 is 0 Å². The van der Waals surface area contributed by atoms with Gasteiger partial charge in [-0.25, -0.2) is 4.98 Å². The van der Waals surface area contributed by atoms with E-state index in [1.807, 2.05) is 14.1 Å². The highest BCUT2D eigenvalue weighted by Gasteiger charge is 2.16. The maximum atomic E-state index is 11.7. The molecule has 0 unspecified atom stereocenters. The first-order valence-electron chi connectivity index (χ1n) is 5.42. The summed E-state index contributed by atoms with van der Waals surface area (Å²) < 4.78 is 0. The lowest BCUT2D eigenvalue weighted by Gasteiger charge is -2.09. The van der Waals surface area contributed by atoms with Crippen LogP contribution < -0.4 is 5.56 Å². The molecule has 4 heteroatoms. The number of nitrogens with zero attached hydrogens (tertiary/aromatic N) is 2. The molecule has 82 valence electrons. The van der Waals surface area contributed by atoms with Crippen LogP contribution in [0.15, 0.2) is 4.79 Å². The Kier molecular flexibility index (Phi) is 2.86. The first-order valence-corrected chi connectivity index (χ1v) is 5.42. The molecule has 0 aromatic carbocycles. The Morgan fingerprint density at radius 3 is 2.93 bits per heavy atom. The topological polar surface area (TPSA) is 49.0 Å². The van der Waals surface area contributed by atoms with E-state index in [-0.39, 0.29) is 5.56 Å². The highest BCUT2D eigenvalue weighted by Crippen LogP contribution is 2.15. The first kappa shape index (κ1) is 10.4. The standard InChI is InChI=1S/C11H17N3O/c1-14(2)7-6-10-12-9-5-3-4-8(9)11(15)13-10/h3-7H2,1-2H3,(H,12,13,15). The van der Waals surface area contributed by atoms with Crippen LogP contribution in [0, 0.1) is 0 Å². The van der Waals surface area contributed by atoms with Crippen LogP contribution in [0.1, 0.15) is 23.5 Å². The van der Waals surface area contributed by atoms with Crippen molar-refractivity contribution in [2.24, 2.45) is 0 Å². The van der Waals surface area contributed by atoms with Gasteiger partial charge in [0.2, 0.25) is 0 Å². The van der Waals surface area contributed by atoms with Crippen LogP contribution in [0.3, 0.4) is 0 Å². The predicted octanol–water partition coefficient (Wildman–Crippen LogP) is 0.363. The third-order valence-electron chi connectivity index (χ3n) is 2.79. The number of nitrogens with one attached hydrogen (secondary N) is 1. The first-order chi connectivity index (χ1) is 7.16. The van der Waals surface area contributed by atoms with Crippen molar-refractivity contribution < 1.29 is 0 Å². The molecular formula is C11H17N3O. The molecule has 1 aliphatic carbocycles. The molecule has 0 atom stereocenters. The Morgan fingerprint density at radius 2 is 2.20 bits per heavy atom. The van der Waals surface area contributed by atoms with E-state index in [9.17, 15) is 4.79 Å². The second-order valence-electron chi connectivity index (χ2n) is 4.34. The zero-order valence-electron chi connectivity index (χ0n) is 9.34. The van der Waals surface area contributed by atoms with E-state index in [0.29, 0.717) is 0 Å². The van der Waals surface area contributed by atoms with E-state index in [2.05, 4.69) is 14.9 Å². The Balaban J connectivity index is 2.20. The molecule has 1 aromatic heterocycles. The summed E-state index contributed by atoms with van der Waals surface area (Å²) in [5, 5.41) is 0. The molecule has 0 saturated heterocycles. The second-order valence-corrected chi connectivity index (χ2v) is 4.34. The normalized spacial score (nSPS) is 14.6. The summed E-state index contributed by atoms with van der Waals surface area (Å²) in [6.45, 7) is 0.918. The fraction of sp³-hybridized carbons (Fsp3) is 0.636. The van der Waals surface area contributed by atoms with Crippen molar-refractivity contribution in [3.05, 3.63) is 27.4 Å². The molecular weight excluding hydrogens is 190 g/mol. The number of rotatable bonds is 3. The summed E-state index contributed by atoms with van der Waals surface area (Å²) in [5.41, 5.74) is 2.00. The molecule has 1 aliphatic rings. The lowest BCUT2D eigenvalue weighted by atomic mass is 10.2. The van der Waals surface area contributed by atoms with Crippen molar-refractivity contribution in [3.8, 4) is 0 Å². The minimum Gasteiger partial charge on any atom is -0.310 e. The van der Waals surface area contributed by atoms with Gasteiger partial charge < -0.3 is 9.88 Å². The van der Waals surface area contributed by atoms with Gasteiger partial charge in [0, 0.05) is 18.5 Å². The summed E-state index contributed by atoms with van der Waals surface area (Å²) in [6, 6.07) is 0. The molecule has 1 heterocycles. The number of hydrogen-bond donors (Lipinski definition) is 1. The molecule has 0 aliphatic heterocycles. The maximum Gasteiger partial charge on any atom is 0.254 e. The number of aryl methyl sites for hydroxylation is 1. The summed E-state index contributed by atoms with van der Waals surface area (Å²) in [4.78, 5) is 21.1. The molecule has 0 amide bonds. The molecule has 4 nitrogen and oxygen atoms in total. The Labute approximate surface area is 89.3 Å². The van der Waals surface area contributed by atoms with Gasteiger partial charge in [0.05, 0.1) is 5.69 Å². The minimum atomic E-state index is 0.0752. The van der Waals surface area contributed by atoms with E-state index in [1.165, 1.54) is 0 Å². The Bertz CT molecular complexity index is 409. The average molecular weight is 207 g/mol. The van der Waals surface area contributed by atoms with E-state index in [0.717, 1.165) is 49.3 Å². The average Bonchev–Trinajstić information content (AvgIpc) is 2.63. The van der Waals surface area contributed by atoms with Crippen LogP contribution in [0.4, 0.5) is 0 Å². The van der Waals surface area contributed by atoms with Crippen LogP contribution >= 0.6 is 0 Å².